The van der Waals surface area contributed by atoms with Gasteiger partial charge in [0.1, 0.15) is 5.82 Å². The van der Waals surface area contributed by atoms with Crippen LogP contribution in [0.3, 0.4) is 0 Å². The SMILES string of the molecule is Cn1ccc(CCNc2cc(C(=O)O)c(N)cn2)n1. The molecule has 2 aromatic rings. The van der Waals surface area contributed by atoms with Gasteiger partial charge in [-0.3, -0.25) is 4.68 Å². The summed E-state index contributed by atoms with van der Waals surface area (Å²) in [5.74, 6) is -0.574. The number of nitrogen functional groups attached to an aromatic ring is 1. The van der Waals surface area contributed by atoms with E-state index in [1.807, 2.05) is 19.3 Å². The molecule has 0 aliphatic rings. The van der Waals surface area contributed by atoms with E-state index in [4.69, 9.17) is 10.8 Å². The van der Waals surface area contributed by atoms with Crippen molar-refractivity contribution in [2.24, 2.45) is 7.05 Å². The van der Waals surface area contributed by atoms with E-state index in [1.54, 1.807) is 4.68 Å². The fraction of sp³-hybridized carbons (Fsp3) is 0.250. The van der Waals surface area contributed by atoms with E-state index in [1.165, 1.54) is 12.3 Å². The van der Waals surface area contributed by atoms with Crippen LogP contribution in [0.25, 0.3) is 0 Å². The van der Waals surface area contributed by atoms with Gasteiger partial charge in [-0.15, -0.1) is 0 Å². The summed E-state index contributed by atoms with van der Waals surface area (Å²) in [6, 6.07) is 3.36. The first-order valence-electron chi connectivity index (χ1n) is 5.77. The third-order valence-electron chi connectivity index (χ3n) is 2.62. The zero-order chi connectivity index (χ0) is 13.8. The average molecular weight is 261 g/mol. The van der Waals surface area contributed by atoms with Gasteiger partial charge in [0.15, 0.2) is 0 Å². The Kier molecular flexibility index (Phi) is 3.65. The van der Waals surface area contributed by atoms with Gasteiger partial charge in [0.25, 0.3) is 0 Å². The largest absolute Gasteiger partial charge is 0.478 e. The molecule has 0 fully saturated rings. The van der Waals surface area contributed by atoms with Crippen LogP contribution >= 0.6 is 0 Å². The summed E-state index contributed by atoms with van der Waals surface area (Å²) in [5.41, 5.74) is 6.70. The molecule has 7 heteroatoms. The van der Waals surface area contributed by atoms with Crippen molar-refractivity contribution in [1.82, 2.24) is 14.8 Å². The van der Waals surface area contributed by atoms with Gasteiger partial charge in [-0.2, -0.15) is 5.10 Å². The number of aromatic carboxylic acids is 1. The quantitative estimate of drug-likeness (QED) is 0.733. The van der Waals surface area contributed by atoms with Crippen molar-refractivity contribution < 1.29 is 9.90 Å². The molecule has 2 aromatic heterocycles. The van der Waals surface area contributed by atoms with E-state index in [0.717, 1.165) is 12.1 Å². The molecule has 0 aliphatic carbocycles. The maximum atomic E-state index is 10.9. The number of pyridine rings is 1. The number of nitrogens with one attached hydrogen (secondary N) is 1. The van der Waals surface area contributed by atoms with Gasteiger partial charge in [0.05, 0.1) is 23.1 Å². The van der Waals surface area contributed by atoms with Crippen LogP contribution in [-0.2, 0) is 13.5 Å². The number of carbonyl (C=O) groups is 1. The highest BCUT2D eigenvalue weighted by Crippen LogP contribution is 2.14. The van der Waals surface area contributed by atoms with Gasteiger partial charge in [-0.25, -0.2) is 9.78 Å². The highest BCUT2D eigenvalue weighted by molar-refractivity contribution is 5.94. The van der Waals surface area contributed by atoms with Gasteiger partial charge in [-0.05, 0) is 12.1 Å². The van der Waals surface area contributed by atoms with Crippen LogP contribution in [0.4, 0.5) is 11.5 Å². The summed E-state index contributed by atoms with van der Waals surface area (Å²) in [5, 5.41) is 16.2. The third-order valence-corrected chi connectivity index (χ3v) is 2.62. The number of carboxylic acid groups (broad SMARTS) is 1. The van der Waals surface area contributed by atoms with Crippen LogP contribution in [0.15, 0.2) is 24.5 Å². The molecule has 0 unspecified atom stereocenters. The van der Waals surface area contributed by atoms with E-state index in [0.29, 0.717) is 12.4 Å². The standard InChI is InChI=1S/C12H15N5O2/c1-17-5-3-8(16-17)2-4-14-11-6-9(12(18)19)10(13)7-15-11/h3,5-7H,2,4,13H2,1H3,(H,14,15)(H,18,19). The summed E-state index contributed by atoms with van der Waals surface area (Å²) in [6.45, 7) is 0.618. The molecule has 0 amide bonds. The van der Waals surface area contributed by atoms with Crippen LogP contribution in [0, 0.1) is 0 Å². The van der Waals surface area contributed by atoms with Gasteiger partial charge in [0, 0.05) is 26.2 Å². The van der Waals surface area contributed by atoms with E-state index in [-0.39, 0.29) is 11.3 Å². The highest BCUT2D eigenvalue weighted by atomic mass is 16.4. The Morgan fingerprint density at radius 2 is 2.37 bits per heavy atom. The van der Waals surface area contributed by atoms with Crippen molar-refractivity contribution in [2.45, 2.75) is 6.42 Å². The van der Waals surface area contributed by atoms with Gasteiger partial charge >= 0.3 is 5.97 Å². The number of nitrogens with zero attached hydrogens (tertiary/aromatic N) is 3. The zero-order valence-electron chi connectivity index (χ0n) is 10.5. The fourth-order valence-corrected chi connectivity index (χ4v) is 1.66. The number of anilines is 2. The molecule has 2 rings (SSSR count). The van der Waals surface area contributed by atoms with E-state index >= 15 is 0 Å². The van der Waals surface area contributed by atoms with Crippen molar-refractivity contribution in [3.63, 3.8) is 0 Å². The number of aromatic nitrogens is 3. The monoisotopic (exact) mass is 261 g/mol. The number of nitrogens with two attached hydrogens (primary N) is 1. The molecule has 2 heterocycles. The maximum Gasteiger partial charge on any atom is 0.337 e. The van der Waals surface area contributed by atoms with Crippen LogP contribution in [0.1, 0.15) is 16.1 Å². The predicted molar refractivity (Wildman–Crippen MR) is 71.0 cm³/mol. The Morgan fingerprint density at radius 3 is 3.00 bits per heavy atom. The summed E-state index contributed by atoms with van der Waals surface area (Å²) in [4.78, 5) is 15.0. The summed E-state index contributed by atoms with van der Waals surface area (Å²) in [7, 11) is 1.86. The molecular formula is C12H15N5O2. The molecule has 7 nitrogen and oxygen atoms in total. The smallest absolute Gasteiger partial charge is 0.337 e. The van der Waals surface area contributed by atoms with Crippen LogP contribution in [-0.4, -0.2) is 32.4 Å². The molecule has 19 heavy (non-hydrogen) atoms. The van der Waals surface area contributed by atoms with Gasteiger partial charge in [0.2, 0.25) is 0 Å². The van der Waals surface area contributed by atoms with Crippen molar-refractivity contribution >= 4 is 17.5 Å². The Balaban J connectivity index is 1.96. The zero-order valence-corrected chi connectivity index (χ0v) is 10.5. The predicted octanol–water partition coefficient (Wildman–Crippen LogP) is 0.750. The molecule has 0 saturated heterocycles. The van der Waals surface area contributed by atoms with Gasteiger partial charge < -0.3 is 16.2 Å². The fourth-order valence-electron chi connectivity index (χ4n) is 1.66. The Morgan fingerprint density at radius 1 is 1.58 bits per heavy atom. The van der Waals surface area contributed by atoms with Crippen molar-refractivity contribution in [1.29, 1.82) is 0 Å². The normalized spacial score (nSPS) is 10.4. The number of hydrogen-bond donors (Lipinski definition) is 3. The number of aryl methyl sites for hydroxylation is 1. The van der Waals surface area contributed by atoms with Crippen LogP contribution in [0.2, 0.25) is 0 Å². The lowest BCUT2D eigenvalue weighted by Gasteiger charge is -2.06. The number of carboxylic acids is 1. The Labute approximate surface area is 110 Å². The molecular weight excluding hydrogens is 246 g/mol. The second kappa shape index (κ2) is 5.38. The summed E-state index contributed by atoms with van der Waals surface area (Å²) >= 11 is 0. The molecule has 0 spiro atoms. The molecule has 0 atom stereocenters. The number of rotatable bonds is 5. The van der Waals surface area contributed by atoms with E-state index in [9.17, 15) is 4.79 Å². The first-order valence-corrected chi connectivity index (χ1v) is 5.77. The first-order chi connectivity index (χ1) is 9.06. The van der Waals surface area contributed by atoms with Crippen LogP contribution < -0.4 is 11.1 Å². The first kappa shape index (κ1) is 12.9. The third kappa shape index (κ3) is 3.21. The molecule has 0 saturated carbocycles. The molecule has 4 N–H and O–H groups in total. The lowest BCUT2D eigenvalue weighted by molar-refractivity contribution is 0.0698. The minimum atomic E-state index is -1.06. The molecule has 0 aromatic carbocycles. The lowest BCUT2D eigenvalue weighted by Crippen LogP contribution is -2.09. The van der Waals surface area contributed by atoms with Crippen molar-refractivity contribution in [2.75, 3.05) is 17.6 Å². The number of hydrogen-bond acceptors (Lipinski definition) is 5. The van der Waals surface area contributed by atoms with Crippen molar-refractivity contribution in [3.8, 4) is 0 Å². The summed E-state index contributed by atoms with van der Waals surface area (Å²) in [6.07, 6.45) is 3.95. The van der Waals surface area contributed by atoms with Crippen LogP contribution in [0.5, 0.6) is 0 Å². The second-order valence-corrected chi connectivity index (χ2v) is 4.12. The average Bonchev–Trinajstić information content (AvgIpc) is 2.77. The van der Waals surface area contributed by atoms with Gasteiger partial charge in [-0.1, -0.05) is 0 Å². The van der Waals surface area contributed by atoms with E-state index in [2.05, 4.69) is 15.4 Å². The Hall–Kier alpha value is -2.57. The topological polar surface area (TPSA) is 106 Å². The Bertz CT molecular complexity index is 594. The minimum Gasteiger partial charge on any atom is -0.478 e. The molecule has 0 bridgehead atoms. The highest BCUT2D eigenvalue weighted by Gasteiger charge is 2.09. The summed E-state index contributed by atoms with van der Waals surface area (Å²) < 4.78 is 1.74. The molecule has 100 valence electrons. The molecule has 0 aliphatic heterocycles. The minimum absolute atomic E-state index is 0.0512. The second-order valence-electron chi connectivity index (χ2n) is 4.12. The maximum absolute atomic E-state index is 10.9. The molecule has 0 radical (unpaired) electrons. The van der Waals surface area contributed by atoms with E-state index < -0.39 is 5.97 Å². The lowest BCUT2D eigenvalue weighted by atomic mass is 10.2. The van der Waals surface area contributed by atoms with Crippen molar-refractivity contribution in [3.05, 3.63) is 35.8 Å².